The Kier molecular flexibility index (Phi) is 6.56. The number of hydrogen-bond acceptors (Lipinski definition) is 3. The fourth-order valence-electron chi connectivity index (χ4n) is 2.17. The molecule has 1 aliphatic carbocycles. The number of carbonyl (C=O) groups is 1. The summed E-state index contributed by atoms with van der Waals surface area (Å²) in [5, 5.41) is 3.26. The van der Waals surface area contributed by atoms with Gasteiger partial charge in [0.05, 0.1) is 6.42 Å². The highest BCUT2D eigenvalue weighted by Gasteiger charge is 2.21. The highest BCUT2D eigenvalue weighted by Crippen LogP contribution is 2.25. The Balaban J connectivity index is 2.04. The minimum absolute atomic E-state index is 0.0409. The lowest BCUT2D eigenvalue weighted by Gasteiger charge is -2.26. The summed E-state index contributed by atoms with van der Waals surface area (Å²) in [4.78, 5) is 11.6. The minimum Gasteiger partial charge on any atom is -0.462 e. The second kappa shape index (κ2) is 7.70. The molecular formula is C14H27NO2. The zero-order chi connectivity index (χ0) is 12.7. The van der Waals surface area contributed by atoms with Gasteiger partial charge in [0.15, 0.2) is 0 Å². The zero-order valence-electron chi connectivity index (χ0n) is 11.5. The first-order chi connectivity index (χ1) is 8.08. The van der Waals surface area contributed by atoms with Crippen LogP contribution in [0.3, 0.4) is 0 Å². The lowest BCUT2D eigenvalue weighted by Crippen LogP contribution is -2.27. The van der Waals surface area contributed by atoms with Gasteiger partial charge in [0.2, 0.25) is 0 Å². The monoisotopic (exact) mass is 241 g/mol. The van der Waals surface area contributed by atoms with Crippen LogP contribution in [0.25, 0.3) is 0 Å². The Bertz CT molecular complexity index is 220. The Morgan fingerprint density at radius 1 is 1.29 bits per heavy atom. The molecule has 0 amide bonds. The van der Waals surface area contributed by atoms with Crippen molar-refractivity contribution in [2.45, 2.75) is 59.0 Å². The third-order valence-electron chi connectivity index (χ3n) is 3.32. The van der Waals surface area contributed by atoms with E-state index in [-0.39, 0.29) is 12.1 Å². The summed E-state index contributed by atoms with van der Waals surface area (Å²) in [6, 6.07) is 0. The van der Waals surface area contributed by atoms with E-state index in [1.165, 1.54) is 12.8 Å². The first-order valence-corrected chi connectivity index (χ1v) is 6.98. The fraction of sp³-hybridized carbons (Fsp3) is 0.929. The van der Waals surface area contributed by atoms with Crippen molar-refractivity contribution >= 4 is 5.97 Å². The van der Waals surface area contributed by atoms with Gasteiger partial charge in [-0.15, -0.1) is 0 Å². The van der Waals surface area contributed by atoms with Crippen molar-refractivity contribution in [3.63, 3.8) is 0 Å². The molecule has 0 aromatic heterocycles. The van der Waals surface area contributed by atoms with E-state index in [0.717, 1.165) is 31.8 Å². The molecule has 3 heteroatoms. The maximum Gasteiger partial charge on any atom is 0.307 e. The van der Waals surface area contributed by atoms with E-state index in [1.54, 1.807) is 0 Å². The van der Waals surface area contributed by atoms with Gasteiger partial charge in [-0.3, -0.25) is 4.79 Å². The molecule has 1 rings (SSSR count). The molecule has 0 atom stereocenters. The Hall–Kier alpha value is -0.570. The number of hydrogen-bond donors (Lipinski definition) is 1. The van der Waals surface area contributed by atoms with Gasteiger partial charge in [-0.25, -0.2) is 0 Å². The van der Waals surface area contributed by atoms with E-state index < -0.39 is 0 Å². The normalized spacial score (nSPS) is 24.9. The van der Waals surface area contributed by atoms with E-state index in [4.69, 9.17) is 4.74 Å². The summed E-state index contributed by atoms with van der Waals surface area (Å²) in [6.45, 7) is 8.30. The molecule has 1 saturated carbocycles. The van der Waals surface area contributed by atoms with Crippen molar-refractivity contribution in [1.82, 2.24) is 5.32 Å². The van der Waals surface area contributed by atoms with Crippen molar-refractivity contribution in [1.29, 1.82) is 0 Å². The predicted octanol–water partition coefficient (Wildman–Crippen LogP) is 2.74. The maximum absolute atomic E-state index is 11.6. The molecule has 1 fully saturated rings. The number of carbonyl (C=O) groups excluding carboxylic acids is 1. The molecule has 0 unspecified atom stereocenters. The maximum atomic E-state index is 11.6. The summed E-state index contributed by atoms with van der Waals surface area (Å²) in [6.07, 6.45) is 5.17. The Morgan fingerprint density at radius 3 is 2.53 bits per heavy atom. The van der Waals surface area contributed by atoms with Crippen LogP contribution < -0.4 is 5.32 Å². The van der Waals surface area contributed by atoms with Gasteiger partial charge in [0.1, 0.15) is 6.10 Å². The molecule has 0 radical (unpaired) electrons. The van der Waals surface area contributed by atoms with E-state index in [1.807, 2.05) is 0 Å². The molecule has 0 aromatic carbocycles. The third-order valence-corrected chi connectivity index (χ3v) is 3.32. The summed E-state index contributed by atoms with van der Waals surface area (Å²) < 4.78 is 5.47. The number of ether oxygens (including phenoxy) is 1. The number of esters is 1. The summed E-state index contributed by atoms with van der Waals surface area (Å²) in [7, 11) is 0. The highest BCUT2D eigenvalue weighted by atomic mass is 16.5. The number of rotatable bonds is 6. The van der Waals surface area contributed by atoms with Crippen molar-refractivity contribution in [2.75, 3.05) is 13.1 Å². The molecule has 0 bridgehead atoms. The quantitative estimate of drug-likeness (QED) is 0.574. The summed E-state index contributed by atoms with van der Waals surface area (Å²) in [5.74, 6) is 1.39. The van der Waals surface area contributed by atoms with Crippen LogP contribution in [0.1, 0.15) is 52.9 Å². The minimum atomic E-state index is -0.0409. The second-order valence-corrected chi connectivity index (χ2v) is 5.72. The molecular weight excluding hydrogens is 214 g/mol. The SMILES string of the molecule is CC(C)CNCCC(=O)OC1CCC(C)CC1. The summed E-state index contributed by atoms with van der Waals surface area (Å²) >= 11 is 0. The van der Waals surface area contributed by atoms with Gasteiger partial charge in [-0.2, -0.15) is 0 Å². The van der Waals surface area contributed by atoms with Crippen LogP contribution in [0.5, 0.6) is 0 Å². The van der Waals surface area contributed by atoms with Gasteiger partial charge >= 0.3 is 5.97 Å². The molecule has 1 aliphatic rings. The zero-order valence-corrected chi connectivity index (χ0v) is 11.5. The average Bonchev–Trinajstić information content (AvgIpc) is 2.27. The van der Waals surface area contributed by atoms with E-state index in [2.05, 4.69) is 26.1 Å². The molecule has 0 heterocycles. The van der Waals surface area contributed by atoms with Crippen LogP contribution in [0.15, 0.2) is 0 Å². The lowest BCUT2D eigenvalue weighted by atomic mass is 9.89. The van der Waals surface area contributed by atoms with Crippen LogP contribution in [-0.2, 0) is 9.53 Å². The largest absolute Gasteiger partial charge is 0.462 e. The number of nitrogens with one attached hydrogen (secondary N) is 1. The third kappa shape index (κ3) is 6.67. The molecule has 100 valence electrons. The van der Waals surface area contributed by atoms with Crippen molar-refractivity contribution in [3.05, 3.63) is 0 Å². The smallest absolute Gasteiger partial charge is 0.307 e. The molecule has 0 aliphatic heterocycles. The molecule has 0 spiro atoms. The molecule has 0 saturated heterocycles. The standard InChI is InChI=1S/C14H27NO2/c1-11(2)10-15-9-8-14(16)17-13-6-4-12(3)5-7-13/h11-13,15H,4-10H2,1-3H3. The van der Waals surface area contributed by atoms with Crippen LogP contribution in [0.4, 0.5) is 0 Å². The first-order valence-electron chi connectivity index (χ1n) is 6.98. The molecule has 0 aromatic rings. The van der Waals surface area contributed by atoms with Crippen molar-refractivity contribution in [2.24, 2.45) is 11.8 Å². The van der Waals surface area contributed by atoms with Crippen LogP contribution >= 0.6 is 0 Å². The fourth-order valence-corrected chi connectivity index (χ4v) is 2.17. The average molecular weight is 241 g/mol. The topological polar surface area (TPSA) is 38.3 Å². The first kappa shape index (κ1) is 14.5. The van der Waals surface area contributed by atoms with Crippen molar-refractivity contribution in [3.8, 4) is 0 Å². The summed E-state index contributed by atoms with van der Waals surface area (Å²) in [5.41, 5.74) is 0. The Morgan fingerprint density at radius 2 is 1.94 bits per heavy atom. The molecule has 3 nitrogen and oxygen atoms in total. The van der Waals surface area contributed by atoms with Gasteiger partial charge in [-0.1, -0.05) is 20.8 Å². The van der Waals surface area contributed by atoms with Crippen molar-refractivity contribution < 1.29 is 9.53 Å². The molecule has 1 N–H and O–H groups in total. The lowest BCUT2D eigenvalue weighted by molar-refractivity contribution is -0.150. The predicted molar refractivity (Wildman–Crippen MR) is 69.8 cm³/mol. The van der Waals surface area contributed by atoms with Gasteiger partial charge in [-0.05, 0) is 44.1 Å². The van der Waals surface area contributed by atoms with Crippen LogP contribution in [0, 0.1) is 11.8 Å². The van der Waals surface area contributed by atoms with Gasteiger partial charge in [0, 0.05) is 6.54 Å². The van der Waals surface area contributed by atoms with Crippen LogP contribution in [-0.4, -0.2) is 25.2 Å². The van der Waals surface area contributed by atoms with E-state index >= 15 is 0 Å². The Labute approximate surface area is 105 Å². The highest BCUT2D eigenvalue weighted by molar-refractivity contribution is 5.69. The van der Waals surface area contributed by atoms with E-state index in [0.29, 0.717) is 12.3 Å². The van der Waals surface area contributed by atoms with Crippen LogP contribution in [0.2, 0.25) is 0 Å². The van der Waals surface area contributed by atoms with Gasteiger partial charge < -0.3 is 10.1 Å². The molecule has 17 heavy (non-hydrogen) atoms. The van der Waals surface area contributed by atoms with Gasteiger partial charge in [0.25, 0.3) is 0 Å². The van der Waals surface area contributed by atoms with E-state index in [9.17, 15) is 4.79 Å². The second-order valence-electron chi connectivity index (χ2n) is 5.72.